The Balaban J connectivity index is 1.46. The first kappa shape index (κ1) is 21.0. The quantitative estimate of drug-likeness (QED) is 0.480. The molecule has 0 aliphatic rings. The number of halogens is 1. The summed E-state index contributed by atoms with van der Waals surface area (Å²) in [5, 5.41) is 5.35. The highest BCUT2D eigenvalue weighted by Crippen LogP contribution is 2.24. The van der Waals surface area contributed by atoms with Crippen LogP contribution in [0.3, 0.4) is 0 Å². The Morgan fingerprint density at radius 1 is 1.00 bits per heavy atom. The first-order valence-electron chi connectivity index (χ1n) is 9.94. The van der Waals surface area contributed by atoms with Crippen molar-refractivity contribution in [2.24, 2.45) is 0 Å². The molecule has 0 atom stereocenters. The number of pyridine rings is 1. The summed E-state index contributed by atoms with van der Waals surface area (Å²) in [6, 6.07) is 15.4. The van der Waals surface area contributed by atoms with E-state index in [-0.39, 0.29) is 18.0 Å². The van der Waals surface area contributed by atoms with Gasteiger partial charge in [-0.1, -0.05) is 12.1 Å². The van der Waals surface area contributed by atoms with Gasteiger partial charge in [0.15, 0.2) is 0 Å². The minimum atomic E-state index is -0.467. The van der Waals surface area contributed by atoms with Gasteiger partial charge in [0.1, 0.15) is 23.8 Å². The van der Waals surface area contributed by atoms with Gasteiger partial charge in [0.25, 0.3) is 5.56 Å². The standard InChI is InChI=1S/C24H21FN4O3/c1-15-5-8-19(28-24(31)27-18-9-6-17(25)7-10-18)12-21(15)32-14-20-13-22(30)29-11-3-4-16(2)23(29)26-20/h3-13H,14H2,1-2H3,(H2,27,28,31). The largest absolute Gasteiger partial charge is 0.487 e. The van der Waals surface area contributed by atoms with Gasteiger partial charge >= 0.3 is 6.03 Å². The smallest absolute Gasteiger partial charge is 0.323 e. The lowest BCUT2D eigenvalue weighted by atomic mass is 10.2. The van der Waals surface area contributed by atoms with Crippen LogP contribution in [0.15, 0.2) is 71.7 Å². The molecule has 0 saturated heterocycles. The number of aryl methyl sites for hydroxylation is 2. The lowest BCUT2D eigenvalue weighted by Crippen LogP contribution is -2.19. The van der Waals surface area contributed by atoms with Gasteiger partial charge in [-0.2, -0.15) is 0 Å². The van der Waals surface area contributed by atoms with Gasteiger partial charge in [-0.3, -0.25) is 9.20 Å². The molecular weight excluding hydrogens is 411 g/mol. The van der Waals surface area contributed by atoms with Crippen molar-refractivity contribution in [3.63, 3.8) is 0 Å². The summed E-state index contributed by atoms with van der Waals surface area (Å²) in [5.74, 6) is 0.173. The van der Waals surface area contributed by atoms with Crippen molar-refractivity contribution < 1.29 is 13.9 Å². The summed E-state index contributed by atoms with van der Waals surface area (Å²) in [4.78, 5) is 29.1. The zero-order chi connectivity index (χ0) is 22.7. The average Bonchev–Trinajstić information content (AvgIpc) is 2.76. The van der Waals surface area contributed by atoms with E-state index < -0.39 is 6.03 Å². The van der Waals surface area contributed by atoms with Crippen LogP contribution in [0.1, 0.15) is 16.8 Å². The summed E-state index contributed by atoms with van der Waals surface area (Å²) < 4.78 is 20.4. The van der Waals surface area contributed by atoms with Gasteiger partial charge in [-0.15, -0.1) is 0 Å². The zero-order valence-electron chi connectivity index (χ0n) is 17.6. The number of nitrogens with zero attached hydrogens (tertiary/aromatic N) is 2. The number of fused-ring (bicyclic) bond motifs is 1. The molecule has 0 saturated carbocycles. The number of rotatable bonds is 5. The second-order valence-corrected chi connectivity index (χ2v) is 7.33. The van der Waals surface area contributed by atoms with Crippen LogP contribution in [0.5, 0.6) is 5.75 Å². The van der Waals surface area contributed by atoms with E-state index in [4.69, 9.17) is 4.74 Å². The number of urea groups is 1. The van der Waals surface area contributed by atoms with Crippen LogP contribution in [0.4, 0.5) is 20.6 Å². The number of nitrogens with one attached hydrogen (secondary N) is 2. The Morgan fingerprint density at radius 3 is 2.50 bits per heavy atom. The van der Waals surface area contributed by atoms with Gasteiger partial charge in [-0.25, -0.2) is 14.2 Å². The van der Waals surface area contributed by atoms with E-state index >= 15 is 0 Å². The molecule has 2 aromatic heterocycles. The number of aromatic nitrogens is 2. The van der Waals surface area contributed by atoms with E-state index in [1.807, 2.05) is 26.0 Å². The Hall–Kier alpha value is -4.20. The van der Waals surface area contributed by atoms with Crippen molar-refractivity contribution in [1.29, 1.82) is 0 Å². The fraction of sp³-hybridized carbons (Fsp3) is 0.125. The van der Waals surface area contributed by atoms with E-state index in [0.29, 0.717) is 28.5 Å². The molecule has 0 spiro atoms. The number of ether oxygens (including phenoxy) is 1. The highest BCUT2D eigenvalue weighted by Gasteiger charge is 2.09. The second kappa shape index (κ2) is 8.89. The molecule has 0 aliphatic heterocycles. The summed E-state index contributed by atoms with van der Waals surface area (Å²) in [6.45, 7) is 3.87. The molecule has 0 aliphatic carbocycles. The van der Waals surface area contributed by atoms with E-state index in [9.17, 15) is 14.0 Å². The Morgan fingerprint density at radius 2 is 1.72 bits per heavy atom. The lowest BCUT2D eigenvalue weighted by molar-refractivity contribution is 0.262. The van der Waals surface area contributed by atoms with Gasteiger partial charge in [-0.05, 0) is 61.4 Å². The van der Waals surface area contributed by atoms with Crippen LogP contribution < -0.4 is 20.9 Å². The van der Waals surface area contributed by atoms with Crippen LogP contribution in [-0.4, -0.2) is 15.4 Å². The fourth-order valence-electron chi connectivity index (χ4n) is 3.19. The topological polar surface area (TPSA) is 84.7 Å². The normalized spacial score (nSPS) is 10.7. The van der Waals surface area contributed by atoms with Crippen molar-refractivity contribution in [1.82, 2.24) is 9.38 Å². The third-order valence-corrected chi connectivity index (χ3v) is 4.86. The van der Waals surface area contributed by atoms with Crippen LogP contribution >= 0.6 is 0 Å². The molecule has 0 fully saturated rings. The molecule has 4 rings (SSSR count). The number of anilines is 2. The fourth-order valence-corrected chi connectivity index (χ4v) is 3.19. The SMILES string of the molecule is Cc1ccc(NC(=O)Nc2ccc(F)cc2)cc1OCc1cc(=O)n2cccc(C)c2n1. The molecule has 2 aromatic carbocycles. The van der Waals surface area contributed by atoms with E-state index in [1.165, 1.54) is 34.7 Å². The van der Waals surface area contributed by atoms with Crippen molar-refractivity contribution in [2.45, 2.75) is 20.5 Å². The molecule has 0 unspecified atom stereocenters. The lowest BCUT2D eigenvalue weighted by Gasteiger charge is -2.13. The first-order chi connectivity index (χ1) is 15.4. The Kier molecular flexibility index (Phi) is 5.85. The molecular formula is C24H21FN4O3. The monoisotopic (exact) mass is 432 g/mol. The predicted octanol–water partition coefficient (Wildman–Crippen LogP) is 4.67. The summed E-state index contributed by atoms with van der Waals surface area (Å²) in [6.07, 6.45) is 1.68. The van der Waals surface area contributed by atoms with Crippen molar-refractivity contribution in [3.05, 3.63) is 99.9 Å². The van der Waals surface area contributed by atoms with Crippen LogP contribution in [0, 0.1) is 19.7 Å². The molecule has 0 radical (unpaired) electrons. The Labute approximate surface area is 183 Å². The zero-order valence-corrected chi connectivity index (χ0v) is 17.6. The Bertz CT molecular complexity index is 1350. The van der Waals surface area contributed by atoms with Crippen LogP contribution in [0.25, 0.3) is 5.65 Å². The van der Waals surface area contributed by atoms with Crippen molar-refractivity contribution in [3.8, 4) is 5.75 Å². The summed E-state index contributed by atoms with van der Waals surface area (Å²) in [7, 11) is 0. The number of hydrogen-bond donors (Lipinski definition) is 2. The number of amides is 2. The molecule has 8 heteroatoms. The second-order valence-electron chi connectivity index (χ2n) is 7.33. The van der Waals surface area contributed by atoms with Crippen molar-refractivity contribution in [2.75, 3.05) is 10.6 Å². The van der Waals surface area contributed by atoms with E-state index in [0.717, 1.165) is 11.1 Å². The molecule has 2 N–H and O–H groups in total. The van der Waals surface area contributed by atoms with E-state index in [2.05, 4.69) is 15.6 Å². The molecule has 162 valence electrons. The average molecular weight is 432 g/mol. The van der Waals surface area contributed by atoms with Gasteiger partial charge in [0.05, 0.1) is 5.69 Å². The minimum absolute atomic E-state index is 0.103. The summed E-state index contributed by atoms with van der Waals surface area (Å²) in [5.41, 5.74) is 3.66. The van der Waals surface area contributed by atoms with Crippen LogP contribution in [-0.2, 0) is 6.61 Å². The number of benzene rings is 2. The molecule has 32 heavy (non-hydrogen) atoms. The van der Waals surface area contributed by atoms with Crippen molar-refractivity contribution >= 4 is 23.1 Å². The maximum Gasteiger partial charge on any atom is 0.323 e. The molecule has 2 heterocycles. The summed E-state index contributed by atoms with van der Waals surface area (Å²) >= 11 is 0. The molecule has 0 bridgehead atoms. The van der Waals surface area contributed by atoms with Gasteiger partial charge in [0.2, 0.25) is 0 Å². The van der Waals surface area contributed by atoms with E-state index in [1.54, 1.807) is 24.4 Å². The molecule has 4 aromatic rings. The number of carbonyl (C=O) groups excluding carboxylic acids is 1. The van der Waals surface area contributed by atoms with Crippen LogP contribution in [0.2, 0.25) is 0 Å². The molecule has 2 amide bonds. The molecule has 7 nitrogen and oxygen atoms in total. The van der Waals surface area contributed by atoms with Gasteiger partial charge in [0, 0.05) is 29.7 Å². The predicted molar refractivity (Wildman–Crippen MR) is 121 cm³/mol. The number of carbonyl (C=O) groups is 1. The number of hydrogen-bond acceptors (Lipinski definition) is 4. The van der Waals surface area contributed by atoms with Gasteiger partial charge < -0.3 is 15.4 Å². The highest BCUT2D eigenvalue weighted by atomic mass is 19.1. The maximum absolute atomic E-state index is 13.0. The third-order valence-electron chi connectivity index (χ3n) is 4.86. The third kappa shape index (κ3) is 4.75. The first-order valence-corrected chi connectivity index (χ1v) is 9.94. The minimum Gasteiger partial charge on any atom is -0.487 e. The maximum atomic E-state index is 13.0. The highest BCUT2D eigenvalue weighted by molar-refractivity contribution is 5.99.